The third-order valence-electron chi connectivity index (χ3n) is 4.00. The first-order chi connectivity index (χ1) is 13.1. The lowest BCUT2D eigenvalue weighted by Crippen LogP contribution is -2.19. The molecule has 0 saturated carbocycles. The molecule has 0 fully saturated rings. The maximum atomic E-state index is 12.8. The number of aromatic nitrogens is 1. The van der Waals surface area contributed by atoms with E-state index in [0.717, 1.165) is 16.0 Å². The average Bonchev–Trinajstić information content (AvgIpc) is 3.02. The van der Waals surface area contributed by atoms with Gasteiger partial charge in [0.15, 0.2) is 4.80 Å². The van der Waals surface area contributed by atoms with Crippen molar-refractivity contribution in [3.8, 4) is 11.5 Å². The number of nitrogens with zero attached hydrogens (tertiary/aromatic N) is 2. The Hall–Kier alpha value is -2.35. The Balaban J connectivity index is 2.14. The van der Waals surface area contributed by atoms with Crippen LogP contribution in [0.1, 0.15) is 10.4 Å². The van der Waals surface area contributed by atoms with Gasteiger partial charge in [-0.1, -0.05) is 22.9 Å². The van der Waals surface area contributed by atoms with Gasteiger partial charge < -0.3 is 18.8 Å². The topological polar surface area (TPSA) is 62.1 Å². The lowest BCUT2D eigenvalue weighted by atomic mass is 10.2. The van der Waals surface area contributed by atoms with Gasteiger partial charge in [0.1, 0.15) is 11.5 Å². The summed E-state index contributed by atoms with van der Waals surface area (Å²) in [6.07, 6.45) is 0. The third kappa shape index (κ3) is 4.16. The van der Waals surface area contributed by atoms with Gasteiger partial charge in [-0.2, -0.15) is 4.99 Å². The van der Waals surface area contributed by atoms with Crippen molar-refractivity contribution in [1.82, 2.24) is 4.57 Å². The van der Waals surface area contributed by atoms with Gasteiger partial charge in [-0.25, -0.2) is 0 Å². The Morgan fingerprint density at radius 3 is 2.67 bits per heavy atom. The van der Waals surface area contributed by atoms with Crippen molar-refractivity contribution in [1.29, 1.82) is 0 Å². The molecule has 1 heterocycles. The minimum Gasteiger partial charge on any atom is -0.497 e. The lowest BCUT2D eigenvalue weighted by molar-refractivity contribution is 0.0994. The molecule has 0 radical (unpaired) electrons. The summed E-state index contributed by atoms with van der Waals surface area (Å²) in [5.74, 6) is 0.760. The number of halogens is 1. The smallest absolute Gasteiger partial charge is 0.283 e. The second kappa shape index (κ2) is 8.56. The summed E-state index contributed by atoms with van der Waals surface area (Å²) in [5, 5.41) is 0.447. The maximum absolute atomic E-state index is 12.8. The molecule has 3 rings (SSSR count). The Morgan fingerprint density at radius 1 is 1.15 bits per heavy atom. The van der Waals surface area contributed by atoms with Crippen LogP contribution < -0.4 is 14.3 Å². The van der Waals surface area contributed by atoms with Crippen molar-refractivity contribution in [2.45, 2.75) is 6.54 Å². The van der Waals surface area contributed by atoms with E-state index in [9.17, 15) is 4.79 Å². The van der Waals surface area contributed by atoms with Crippen molar-refractivity contribution in [2.75, 3.05) is 27.9 Å². The Bertz CT molecular complexity index is 1040. The largest absolute Gasteiger partial charge is 0.497 e. The van der Waals surface area contributed by atoms with Gasteiger partial charge in [0.2, 0.25) is 0 Å². The second-order valence-electron chi connectivity index (χ2n) is 5.62. The molecule has 1 amide bonds. The van der Waals surface area contributed by atoms with Crippen molar-refractivity contribution in [2.24, 2.45) is 4.99 Å². The highest BCUT2D eigenvalue weighted by Gasteiger charge is 2.14. The second-order valence-corrected chi connectivity index (χ2v) is 7.07. The van der Waals surface area contributed by atoms with Gasteiger partial charge in [0.05, 0.1) is 36.6 Å². The van der Waals surface area contributed by atoms with Crippen LogP contribution in [0, 0.1) is 0 Å². The van der Waals surface area contributed by atoms with Gasteiger partial charge in [0.25, 0.3) is 5.91 Å². The molecule has 0 bridgehead atoms. The van der Waals surface area contributed by atoms with Gasteiger partial charge in [-0.15, -0.1) is 0 Å². The molecule has 0 atom stereocenters. The van der Waals surface area contributed by atoms with Crippen molar-refractivity contribution < 1.29 is 19.0 Å². The Kier molecular flexibility index (Phi) is 6.15. The minimum absolute atomic E-state index is 0.318. The molecule has 0 saturated heterocycles. The van der Waals surface area contributed by atoms with E-state index in [1.807, 2.05) is 22.8 Å². The molecule has 6 nitrogen and oxygen atoms in total. The molecular weight excluding hydrogens is 388 g/mol. The van der Waals surface area contributed by atoms with Crippen molar-refractivity contribution >= 4 is 39.1 Å². The molecule has 0 aliphatic heterocycles. The van der Waals surface area contributed by atoms with Gasteiger partial charge >= 0.3 is 0 Å². The lowest BCUT2D eigenvalue weighted by Gasteiger charge is -2.06. The number of rotatable bonds is 6. The van der Waals surface area contributed by atoms with Crippen LogP contribution in [0.4, 0.5) is 0 Å². The van der Waals surface area contributed by atoms with Crippen LogP contribution in [0.3, 0.4) is 0 Å². The fourth-order valence-corrected chi connectivity index (χ4v) is 3.91. The molecule has 1 aromatic heterocycles. The molecule has 0 aliphatic rings. The molecule has 142 valence electrons. The minimum atomic E-state index is -0.418. The molecule has 0 unspecified atom stereocenters. The zero-order valence-corrected chi connectivity index (χ0v) is 16.8. The van der Waals surface area contributed by atoms with Crippen LogP contribution in [0.5, 0.6) is 11.5 Å². The molecule has 8 heteroatoms. The highest BCUT2D eigenvalue weighted by Crippen LogP contribution is 2.25. The Morgan fingerprint density at radius 2 is 1.96 bits per heavy atom. The number of methoxy groups -OCH3 is 3. The molecule has 2 aromatic carbocycles. The third-order valence-corrected chi connectivity index (χ3v) is 5.27. The van der Waals surface area contributed by atoms with Gasteiger partial charge in [-0.05, 0) is 36.4 Å². The zero-order valence-electron chi connectivity index (χ0n) is 15.2. The van der Waals surface area contributed by atoms with E-state index in [1.54, 1.807) is 32.4 Å². The first-order valence-electron chi connectivity index (χ1n) is 8.16. The number of hydrogen-bond donors (Lipinski definition) is 0. The van der Waals surface area contributed by atoms with E-state index in [0.29, 0.717) is 34.3 Å². The molecule has 3 aromatic rings. The number of ether oxygens (including phenoxy) is 3. The molecule has 0 aliphatic carbocycles. The van der Waals surface area contributed by atoms with Gasteiger partial charge in [0, 0.05) is 18.7 Å². The zero-order chi connectivity index (χ0) is 19.4. The SMILES string of the molecule is COCCn1c(=NC(=O)c2cc(Cl)ccc2OC)sc2cc(OC)ccc21. The predicted octanol–water partition coefficient (Wildman–Crippen LogP) is 3.76. The first-order valence-corrected chi connectivity index (χ1v) is 9.35. The highest BCUT2D eigenvalue weighted by molar-refractivity contribution is 7.16. The number of hydrogen-bond acceptors (Lipinski definition) is 5. The van der Waals surface area contributed by atoms with Crippen molar-refractivity contribution in [3.63, 3.8) is 0 Å². The highest BCUT2D eigenvalue weighted by atomic mass is 35.5. The number of carbonyl (C=O) groups excluding carboxylic acids is 1. The summed E-state index contributed by atoms with van der Waals surface area (Å²) in [6, 6.07) is 10.6. The summed E-state index contributed by atoms with van der Waals surface area (Å²) in [4.78, 5) is 17.7. The van der Waals surface area contributed by atoms with E-state index < -0.39 is 5.91 Å². The van der Waals surface area contributed by atoms with E-state index in [4.69, 9.17) is 25.8 Å². The quantitative estimate of drug-likeness (QED) is 0.625. The van der Waals surface area contributed by atoms with Crippen LogP contribution in [-0.2, 0) is 11.3 Å². The summed E-state index contributed by atoms with van der Waals surface area (Å²) in [6.45, 7) is 1.07. The van der Waals surface area contributed by atoms with Crippen LogP contribution in [0.15, 0.2) is 41.4 Å². The summed E-state index contributed by atoms with van der Waals surface area (Å²) in [5.41, 5.74) is 1.28. The number of amides is 1. The number of benzene rings is 2. The summed E-state index contributed by atoms with van der Waals surface area (Å²) < 4.78 is 18.7. The molecule has 0 spiro atoms. The number of carbonyl (C=O) groups is 1. The fourth-order valence-electron chi connectivity index (χ4n) is 2.66. The van der Waals surface area contributed by atoms with Crippen LogP contribution in [0.25, 0.3) is 10.2 Å². The van der Waals surface area contributed by atoms with E-state index >= 15 is 0 Å². The molecular formula is C19H19ClN2O4S. The average molecular weight is 407 g/mol. The summed E-state index contributed by atoms with van der Waals surface area (Å²) in [7, 11) is 4.76. The monoisotopic (exact) mass is 406 g/mol. The van der Waals surface area contributed by atoms with Crippen LogP contribution >= 0.6 is 22.9 Å². The Labute approximate surface area is 165 Å². The number of fused-ring (bicyclic) bond motifs is 1. The van der Waals surface area contributed by atoms with E-state index in [2.05, 4.69) is 4.99 Å². The number of thiazole rings is 1. The van der Waals surface area contributed by atoms with E-state index in [-0.39, 0.29) is 0 Å². The normalized spacial score (nSPS) is 11.8. The van der Waals surface area contributed by atoms with Crippen molar-refractivity contribution in [3.05, 3.63) is 51.8 Å². The summed E-state index contributed by atoms with van der Waals surface area (Å²) >= 11 is 7.45. The predicted molar refractivity (Wildman–Crippen MR) is 106 cm³/mol. The maximum Gasteiger partial charge on any atom is 0.283 e. The standard InChI is InChI=1S/C19H19ClN2O4S/c1-24-9-8-22-15-6-5-13(25-2)11-17(15)27-19(22)21-18(23)14-10-12(20)4-7-16(14)26-3/h4-7,10-11H,8-9H2,1-3H3. The van der Waals surface area contributed by atoms with Crippen LogP contribution in [0.2, 0.25) is 5.02 Å². The molecule has 27 heavy (non-hydrogen) atoms. The van der Waals surface area contributed by atoms with E-state index in [1.165, 1.54) is 18.4 Å². The van der Waals surface area contributed by atoms with Gasteiger partial charge in [-0.3, -0.25) is 4.79 Å². The first kappa shape index (κ1) is 19.4. The van der Waals surface area contributed by atoms with Crippen LogP contribution in [-0.4, -0.2) is 38.4 Å². The molecule has 0 N–H and O–H groups in total. The fraction of sp³-hybridized carbons (Fsp3) is 0.263.